The zero-order valence-corrected chi connectivity index (χ0v) is 20.6. The molecule has 1 saturated heterocycles. The number of hydrogen-bond acceptors (Lipinski definition) is 10. The van der Waals surface area contributed by atoms with Gasteiger partial charge in [0.25, 0.3) is 5.91 Å². The monoisotopic (exact) mass is 517 g/mol. The molecule has 0 spiro atoms. The van der Waals surface area contributed by atoms with Crippen LogP contribution in [0.3, 0.4) is 0 Å². The second kappa shape index (κ2) is 9.85. The summed E-state index contributed by atoms with van der Waals surface area (Å²) in [5.74, 6) is -1.28. The summed E-state index contributed by atoms with van der Waals surface area (Å²) in [6.07, 6.45) is 1.86. The van der Waals surface area contributed by atoms with E-state index in [0.717, 1.165) is 24.3 Å². The normalized spacial score (nSPS) is 15.1. The quantitative estimate of drug-likeness (QED) is 0.393. The Balaban J connectivity index is 1.22. The Labute approximate surface area is 208 Å². The Hall–Kier alpha value is -3.52. The molecule has 2 N–H and O–H groups in total. The van der Waals surface area contributed by atoms with Crippen LogP contribution in [0.4, 0.5) is 19.9 Å². The lowest BCUT2D eigenvalue weighted by atomic mass is 10.1. The summed E-state index contributed by atoms with van der Waals surface area (Å²) in [5, 5.41) is 13.9. The summed E-state index contributed by atoms with van der Waals surface area (Å²) in [5.41, 5.74) is 6.12. The third-order valence-corrected chi connectivity index (χ3v) is 7.22. The standard InChI is InChI=1S/C22H25F2N9O2S/c1-12(31(2)20(34)19-28-29-22(36-19)32-6-8-35-9-7-32)4-3-5-16-26-18-14-10-13(23)11-15(24)17(14)27-21(25)33(18)30-16/h10-12H,3-9H2,1-2H3,(H2,25,27)/t12-/m0/s1. The molecular formula is C22H25F2N9O2S. The lowest BCUT2D eigenvalue weighted by Gasteiger charge is -2.25. The number of nitrogen functional groups attached to an aromatic ring is 1. The second-order valence-electron chi connectivity index (χ2n) is 8.66. The number of nitrogens with zero attached hydrogens (tertiary/aromatic N) is 8. The van der Waals surface area contributed by atoms with Crippen molar-refractivity contribution in [2.45, 2.75) is 32.2 Å². The van der Waals surface area contributed by atoms with E-state index in [4.69, 9.17) is 10.5 Å². The van der Waals surface area contributed by atoms with Gasteiger partial charge in [0.2, 0.25) is 16.1 Å². The third kappa shape index (κ3) is 4.65. The number of benzene rings is 1. The van der Waals surface area contributed by atoms with Crippen LogP contribution in [0, 0.1) is 11.6 Å². The number of rotatable bonds is 7. The van der Waals surface area contributed by atoms with Gasteiger partial charge in [-0.3, -0.25) is 4.79 Å². The molecule has 1 aliphatic heterocycles. The second-order valence-corrected chi connectivity index (χ2v) is 9.62. The highest BCUT2D eigenvalue weighted by Gasteiger charge is 2.24. The molecule has 0 saturated carbocycles. The van der Waals surface area contributed by atoms with Gasteiger partial charge in [0.15, 0.2) is 17.3 Å². The number of aromatic nitrogens is 6. The maximum absolute atomic E-state index is 14.2. The fourth-order valence-corrected chi connectivity index (χ4v) is 4.97. The summed E-state index contributed by atoms with van der Waals surface area (Å²) in [6, 6.07) is 1.85. The molecule has 1 amide bonds. The first kappa shape index (κ1) is 24.2. The van der Waals surface area contributed by atoms with Gasteiger partial charge < -0.3 is 20.3 Å². The first-order chi connectivity index (χ1) is 17.3. The molecule has 36 heavy (non-hydrogen) atoms. The van der Waals surface area contributed by atoms with Crippen molar-refractivity contribution in [2.75, 3.05) is 44.0 Å². The van der Waals surface area contributed by atoms with Crippen molar-refractivity contribution in [1.29, 1.82) is 0 Å². The summed E-state index contributed by atoms with van der Waals surface area (Å²) < 4.78 is 34.6. The Morgan fingerprint density at radius 3 is 2.81 bits per heavy atom. The largest absolute Gasteiger partial charge is 0.378 e. The number of fused-ring (bicyclic) bond motifs is 3. The number of carbonyl (C=O) groups is 1. The van der Waals surface area contributed by atoms with Gasteiger partial charge in [-0.2, -0.15) is 4.52 Å². The van der Waals surface area contributed by atoms with Crippen LogP contribution in [0.5, 0.6) is 0 Å². The van der Waals surface area contributed by atoms with Gasteiger partial charge in [-0.1, -0.05) is 11.3 Å². The highest BCUT2D eigenvalue weighted by molar-refractivity contribution is 7.17. The number of halogens is 2. The molecule has 1 aromatic carbocycles. The van der Waals surface area contributed by atoms with E-state index >= 15 is 0 Å². The van der Waals surface area contributed by atoms with Crippen molar-refractivity contribution in [3.63, 3.8) is 0 Å². The number of hydrogen-bond donors (Lipinski definition) is 1. The molecule has 190 valence electrons. The van der Waals surface area contributed by atoms with Crippen LogP contribution in [-0.4, -0.2) is 80.0 Å². The van der Waals surface area contributed by atoms with E-state index in [2.05, 4.69) is 30.2 Å². The minimum Gasteiger partial charge on any atom is -0.378 e. The van der Waals surface area contributed by atoms with Crippen molar-refractivity contribution in [2.24, 2.45) is 0 Å². The molecule has 11 nitrogen and oxygen atoms in total. The van der Waals surface area contributed by atoms with Gasteiger partial charge in [-0.25, -0.2) is 18.7 Å². The highest BCUT2D eigenvalue weighted by Crippen LogP contribution is 2.25. The van der Waals surface area contributed by atoms with Crippen LogP contribution in [0.25, 0.3) is 16.6 Å². The molecule has 4 heterocycles. The molecule has 0 aliphatic carbocycles. The van der Waals surface area contributed by atoms with Gasteiger partial charge in [0.05, 0.1) is 18.6 Å². The van der Waals surface area contributed by atoms with Gasteiger partial charge in [-0.15, -0.1) is 15.3 Å². The number of aryl methyl sites for hydroxylation is 1. The van der Waals surface area contributed by atoms with E-state index in [1.54, 1.807) is 11.9 Å². The maximum Gasteiger partial charge on any atom is 0.284 e. The number of anilines is 2. The van der Waals surface area contributed by atoms with Crippen molar-refractivity contribution >= 4 is 44.9 Å². The van der Waals surface area contributed by atoms with E-state index < -0.39 is 11.6 Å². The Bertz CT molecular complexity index is 1420. The van der Waals surface area contributed by atoms with Crippen LogP contribution < -0.4 is 10.6 Å². The smallest absolute Gasteiger partial charge is 0.284 e. The number of ether oxygens (including phenoxy) is 1. The topological polar surface area (TPSA) is 128 Å². The third-order valence-electron chi connectivity index (χ3n) is 6.25. The minimum absolute atomic E-state index is 0.0334. The van der Waals surface area contributed by atoms with E-state index in [-0.39, 0.29) is 34.4 Å². The molecule has 3 aromatic heterocycles. The van der Waals surface area contributed by atoms with E-state index in [0.29, 0.717) is 43.3 Å². The predicted octanol–water partition coefficient (Wildman–Crippen LogP) is 2.31. The number of carbonyl (C=O) groups excluding carboxylic acids is 1. The van der Waals surface area contributed by atoms with Crippen LogP contribution in [0.2, 0.25) is 0 Å². The zero-order chi connectivity index (χ0) is 25.4. The van der Waals surface area contributed by atoms with E-state index in [1.807, 2.05) is 6.92 Å². The molecule has 0 radical (unpaired) electrons. The molecule has 5 rings (SSSR count). The number of amides is 1. The average Bonchev–Trinajstić information content (AvgIpc) is 3.53. The number of morpholine rings is 1. The summed E-state index contributed by atoms with van der Waals surface area (Å²) in [6.45, 7) is 4.68. The van der Waals surface area contributed by atoms with Crippen LogP contribution in [0.15, 0.2) is 12.1 Å². The van der Waals surface area contributed by atoms with Gasteiger partial charge in [0.1, 0.15) is 11.3 Å². The van der Waals surface area contributed by atoms with Gasteiger partial charge in [0, 0.05) is 38.7 Å². The zero-order valence-electron chi connectivity index (χ0n) is 19.8. The molecular weight excluding hydrogens is 492 g/mol. The molecule has 1 fully saturated rings. The Morgan fingerprint density at radius 2 is 2.03 bits per heavy atom. The first-order valence-corrected chi connectivity index (χ1v) is 12.4. The fraction of sp³-hybridized carbons (Fsp3) is 0.455. The first-order valence-electron chi connectivity index (χ1n) is 11.5. The molecule has 14 heteroatoms. The molecule has 1 aliphatic rings. The minimum atomic E-state index is -0.808. The highest BCUT2D eigenvalue weighted by atomic mass is 32.1. The SMILES string of the molecule is C[C@@H](CCCc1nc2c3cc(F)cc(F)c3nc(N)n2n1)N(C)C(=O)c1nnc(N2CCOCC2)s1. The summed E-state index contributed by atoms with van der Waals surface area (Å²) >= 11 is 1.28. The van der Waals surface area contributed by atoms with Crippen molar-refractivity contribution < 1.29 is 18.3 Å². The van der Waals surface area contributed by atoms with Gasteiger partial charge >= 0.3 is 0 Å². The van der Waals surface area contributed by atoms with Crippen molar-refractivity contribution in [3.8, 4) is 0 Å². The molecule has 1 atom stereocenters. The molecule has 4 aromatic rings. The van der Waals surface area contributed by atoms with Gasteiger partial charge in [-0.05, 0) is 25.8 Å². The fourth-order valence-electron chi connectivity index (χ4n) is 4.09. The van der Waals surface area contributed by atoms with Crippen LogP contribution in [-0.2, 0) is 11.2 Å². The number of nitrogens with two attached hydrogens (primary N) is 1. The predicted molar refractivity (Wildman–Crippen MR) is 130 cm³/mol. The summed E-state index contributed by atoms with van der Waals surface area (Å²) in [4.78, 5) is 25.1. The summed E-state index contributed by atoms with van der Waals surface area (Å²) in [7, 11) is 1.74. The van der Waals surface area contributed by atoms with E-state index in [9.17, 15) is 13.6 Å². The molecule has 0 bridgehead atoms. The molecule has 0 unspecified atom stereocenters. The lowest BCUT2D eigenvalue weighted by molar-refractivity contribution is 0.0734. The van der Waals surface area contributed by atoms with E-state index in [1.165, 1.54) is 21.9 Å². The van der Waals surface area contributed by atoms with Crippen molar-refractivity contribution in [1.82, 2.24) is 34.7 Å². The van der Waals surface area contributed by atoms with Crippen LogP contribution in [0.1, 0.15) is 35.4 Å². The Kier molecular flexibility index (Phi) is 6.62. The maximum atomic E-state index is 14.2. The Morgan fingerprint density at radius 1 is 1.25 bits per heavy atom. The lowest BCUT2D eigenvalue weighted by Crippen LogP contribution is -2.36. The van der Waals surface area contributed by atoms with Crippen molar-refractivity contribution in [3.05, 3.63) is 34.6 Å². The average molecular weight is 518 g/mol. The van der Waals surface area contributed by atoms with Crippen LogP contribution >= 0.6 is 11.3 Å².